The van der Waals surface area contributed by atoms with Crippen molar-refractivity contribution >= 4 is 23.1 Å². The second-order valence-corrected chi connectivity index (χ2v) is 6.46. The highest BCUT2D eigenvalue weighted by Crippen LogP contribution is 2.48. The molecule has 0 amide bonds. The predicted octanol–water partition coefficient (Wildman–Crippen LogP) is 2.77. The Hall–Kier alpha value is -1.95. The normalized spacial score (nSPS) is 15.4. The zero-order valence-corrected chi connectivity index (χ0v) is 13.6. The highest BCUT2D eigenvalue weighted by Gasteiger charge is 2.54. The lowest BCUT2D eigenvalue weighted by Crippen LogP contribution is -2.26. The lowest BCUT2D eigenvalue weighted by molar-refractivity contribution is -0.143. The van der Waals surface area contributed by atoms with Crippen LogP contribution in [0.4, 0.5) is 5.82 Å². The summed E-state index contributed by atoms with van der Waals surface area (Å²) in [4.78, 5) is 24.2. The van der Waals surface area contributed by atoms with Gasteiger partial charge in [-0.2, -0.15) is 0 Å². The first-order valence-electron chi connectivity index (χ1n) is 7.38. The Morgan fingerprint density at radius 2 is 2.27 bits per heavy atom. The molecule has 1 saturated carbocycles. The third-order valence-corrected chi connectivity index (χ3v) is 4.96. The first kappa shape index (κ1) is 15.0. The molecule has 3 rings (SSSR count). The number of hydrogen-bond acceptors (Lipinski definition) is 6. The number of hydrogen-bond donors (Lipinski definition) is 0. The summed E-state index contributed by atoms with van der Waals surface area (Å²) in [6.45, 7) is 3.76. The van der Waals surface area contributed by atoms with Gasteiger partial charge in [-0.05, 0) is 31.2 Å². The lowest BCUT2D eigenvalue weighted by Gasteiger charge is -2.22. The molecule has 0 saturated heterocycles. The van der Waals surface area contributed by atoms with Gasteiger partial charge in [0.25, 0.3) is 0 Å². The number of thiophene rings is 1. The van der Waals surface area contributed by atoms with Crippen molar-refractivity contribution in [3.63, 3.8) is 0 Å². The minimum Gasteiger partial charge on any atom is -0.468 e. The van der Waals surface area contributed by atoms with Gasteiger partial charge in [0.05, 0.1) is 19.3 Å². The Morgan fingerprint density at radius 3 is 2.86 bits per heavy atom. The molecule has 2 aromatic rings. The smallest absolute Gasteiger partial charge is 0.317 e. The van der Waals surface area contributed by atoms with E-state index in [1.165, 1.54) is 12.0 Å². The number of rotatable bonds is 6. The molecule has 2 aromatic heterocycles. The second kappa shape index (κ2) is 6.04. The van der Waals surface area contributed by atoms with Gasteiger partial charge in [-0.1, -0.05) is 6.07 Å². The average Bonchev–Trinajstić information content (AvgIpc) is 3.22. The lowest BCUT2D eigenvalue weighted by atomic mass is 10.0. The van der Waals surface area contributed by atoms with Crippen LogP contribution in [0.15, 0.2) is 29.9 Å². The van der Waals surface area contributed by atoms with E-state index in [1.54, 1.807) is 17.7 Å². The van der Waals surface area contributed by atoms with Crippen molar-refractivity contribution in [1.82, 2.24) is 9.97 Å². The Kier molecular flexibility index (Phi) is 4.11. The van der Waals surface area contributed by atoms with Crippen molar-refractivity contribution in [3.8, 4) is 0 Å². The summed E-state index contributed by atoms with van der Waals surface area (Å²) in [6.07, 6.45) is 3.14. The van der Waals surface area contributed by atoms with Gasteiger partial charge in [0, 0.05) is 17.5 Å². The molecule has 0 bridgehead atoms. The van der Waals surface area contributed by atoms with Gasteiger partial charge in [0.15, 0.2) is 0 Å². The maximum atomic E-state index is 12.0. The minimum absolute atomic E-state index is 0.196. The Morgan fingerprint density at radius 1 is 1.45 bits per heavy atom. The summed E-state index contributed by atoms with van der Waals surface area (Å²) in [5.41, 5.74) is 0.225. The molecule has 0 N–H and O–H groups in total. The number of esters is 1. The maximum Gasteiger partial charge on any atom is 0.317 e. The van der Waals surface area contributed by atoms with Crippen LogP contribution in [0, 0.1) is 0 Å². The van der Waals surface area contributed by atoms with E-state index in [0.717, 1.165) is 37.4 Å². The topological polar surface area (TPSA) is 55.3 Å². The Balaban J connectivity index is 1.85. The van der Waals surface area contributed by atoms with E-state index < -0.39 is 5.41 Å². The number of anilines is 1. The van der Waals surface area contributed by atoms with Crippen LogP contribution in [0.5, 0.6) is 0 Å². The summed E-state index contributed by atoms with van der Waals surface area (Å²) in [5.74, 6) is 0.662. The van der Waals surface area contributed by atoms with Gasteiger partial charge in [0.2, 0.25) is 0 Å². The van der Waals surface area contributed by atoms with E-state index in [9.17, 15) is 4.79 Å². The molecular weight excluding hydrogens is 298 g/mol. The van der Waals surface area contributed by atoms with Crippen LogP contribution in [0.2, 0.25) is 0 Å². The fourth-order valence-electron chi connectivity index (χ4n) is 2.61. The number of aromatic nitrogens is 2. The molecule has 5 nitrogen and oxygen atoms in total. The quantitative estimate of drug-likeness (QED) is 0.767. The number of ether oxygens (including phenoxy) is 1. The molecule has 6 heteroatoms. The van der Waals surface area contributed by atoms with Crippen LogP contribution in [0.3, 0.4) is 0 Å². The van der Waals surface area contributed by atoms with Gasteiger partial charge in [-0.3, -0.25) is 4.79 Å². The van der Waals surface area contributed by atoms with Crippen LogP contribution >= 0.6 is 11.3 Å². The fraction of sp³-hybridized carbons (Fsp3) is 0.438. The van der Waals surface area contributed by atoms with Crippen molar-refractivity contribution in [2.75, 3.05) is 18.6 Å². The Bertz CT molecular complexity index is 653. The summed E-state index contributed by atoms with van der Waals surface area (Å²) >= 11 is 1.73. The van der Waals surface area contributed by atoms with Gasteiger partial charge in [-0.25, -0.2) is 9.97 Å². The Labute approximate surface area is 134 Å². The summed E-state index contributed by atoms with van der Waals surface area (Å²) in [6, 6.07) is 6.10. The minimum atomic E-state index is -0.547. The van der Waals surface area contributed by atoms with E-state index in [2.05, 4.69) is 39.3 Å². The highest BCUT2D eigenvalue weighted by molar-refractivity contribution is 7.09. The third kappa shape index (κ3) is 2.70. The molecule has 0 aliphatic heterocycles. The molecule has 0 spiro atoms. The van der Waals surface area contributed by atoms with E-state index in [-0.39, 0.29) is 5.97 Å². The molecule has 0 atom stereocenters. The molecule has 1 fully saturated rings. The van der Waals surface area contributed by atoms with Crippen LogP contribution in [0.25, 0.3) is 0 Å². The van der Waals surface area contributed by atoms with Crippen molar-refractivity contribution in [1.29, 1.82) is 0 Å². The predicted molar refractivity (Wildman–Crippen MR) is 86.0 cm³/mol. The molecule has 116 valence electrons. The van der Waals surface area contributed by atoms with E-state index in [0.29, 0.717) is 0 Å². The fourth-order valence-corrected chi connectivity index (χ4v) is 3.33. The van der Waals surface area contributed by atoms with Crippen LogP contribution < -0.4 is 4.90 Å². The molecule has 0 radical (unpaired) electrons. The number of methoxy groups -OCH3 is 1. The summed E-state index contributed by atoms with van der Waals surface area (Å²) in [5, 5.41) is 2.07. The third-order valence-electron chi connectivity index (χ3n) is 4.10. The van der Waals surface area contributed by atoms with Crippen molar-refractivity contribution in [2.24, 2.45) is 0 Å². The second-order valence-electron chi connectivity index (χ2n) is 5.43. The highest BCUT2D eigenvalue weighted by atomic mass is 32.1. The van der Waals surface area contributed by atoms with E-state index in [4.69, 9.17) is 4.74 Å². The molecule has 0 unspecified atom stereocenters. The van der Waals surface area contributed by atoms with Crippen molar-refractivity contribution in [2.45, 2.75) is 31.7 Å². The van der Waals surface area contributed by atoms with E-state index in [1.807, 2.05) is 6.07 Å². The van der Waals surface area contributed by atoms with Crippen molar-refractivity contribution < 1.29 is 9.53 Å². The molecule has 1 aliphatic rings. The first-order valence-corrected chi connectivity index (χ1v) is 8.26. The average molecular weight is 317 g/mol. The number of nitrogens with zero attached hydrogens (tertiary/aromatic N) is 3. The van der Waals surface area contributed by atoms with Gasteiger partial charge < -0.3 is 9.64 Å². The largest absolute Gasteiger partial charge is 0.468 e. The monoisotopic (exact) mass is 317 g/mol. The van der Waals surface area contributed by atoms with Gasteiger partial charge in [-0.15, -0.1) is 11.3 Å². The van der Waals surface area contributed by atoms with Gasteiger partial charge >= 0.3 is 5.97 Å². The standard InChI is InChI=1S/C16H19N3O2S/c1-3-19(10-12-5-4-8-22-12)14-9-13(17-11-18-14)16(6-7-16)15(20)21-2/h4-5,8-9,11H,3,6-7,10H2,1-2H3. The molecule has 0 aromatic carbocycles. The van der Waals surface area contributed by atoms with Gasteiger partial charge in [0.1, 0.15) is 17.6 Å². The molecule has 22 heavy (non-hydrogen) atoms. The SMILES string of the molecule is CCN(Cc1cccs1)c1cc(C2(C(=O)OC)CC2)ncn1. The number of carbonyl (C=O) groups excluding carboxylic acids is 1. The molecule has 1 aliphatic carbocycles. The molecular formula is C16H19N3O2S. The van der Waals surface area contributed by atoms with Crippen LogP contribution in [0.1, 0.15) is 30.3 Å². The number of carbonyl (C=O) groups is 1. The van der Waals surface area contributed by atoms with E-state index >= 15 is 0 Å². The summed E-state index contributed by atoms with van der Waals surface area (Å²) in [7, 11) is 1.43. The molecule has 2 heterocycles. The summed E-state index contributed by atoms with van der Waals surface area (Å²) < 4.78 is 4.93. The van der Waals surface area contributed by atoms with Crippen LogP contribution in [-0.2, 0) is 21.5 Å². The van der Waals surface area contributed by atoms with Crippen molar-refractivity contribution in [3.05, 3.63) is 40.5 Å². The first-order chi connectivity index (χ1) is 10.7. The zero-order chi connectivity index (χ0) is 15.6. The zero-order valence-electron chi connectivity index (χ0n) is 12.8. The van der Waals surface area contributed by atoms with Crippen LogP contribution in [-0.4, -0.2) is 29.6 Å². The maximum absolute atomic E-state index is 12.0.